The summed E-state index contributed by atoms with van der Waals surface area (Å²) in [6, 6.07) is 19.9. The second-order valence-corrected chi connectivity index (χ2v) is 9.59. The number of amides is 2. The monoisotopic (exact) mass is 526 g/mol. The lowest BCUT2D eigenvalue weighted by Crippen LogP contribution is -2.51. The Morgan fingerprint density at radius 2 is 1.67 bits per heavy atom. The zero-order chi connectivity index (χ0) is 26.1. The fraction of sp³-hybridized carbons (Fsp3) is 0.310. The van der Waals surface area contributed by atoms with Gasteiger partial charge < -0.3 is 15.0 Å². The third-order valence-corrected chi connectivity index (χ3v) is 6.61. The fourth-order valence-electron chi connectivity index (χ4n) is 3.86. The van der Waals surface area contributed by atoms with Crippen LogP contribution in [0.2, 0.25) is 10.0 Å². The summed E-state index contributed by atoms with van der Waals surface area (Å²) in [4.78, 5) is 28.6. The van der Waals surface area contributed by atoms with E-state index in [9.17, 15) is 9.59 Å². The van der Waals surface area contributed by atoms with Crippen LogP contribution in [0.15, 0.2) is 66.7 Å². The molecule has 3 aromatic rings. The molecule has 3 rings (SSSR count). The molecule has 190 valence electrons. The summed E-state index contributed by atoms with van der Waals surface area (Å²) in [5.74, 6) is 0.0672. The zero-order valence-corrected chi connectivity index (χ0v) is 22.4. The standard InChI is InChI=1S/C29H32Cl2N2O3/c1-4-15-32-29(35)26(17-22-9-6-5-7-10-22)33(18-23-24(30)11-8-12-25(23)31)28(34)19-36-27-16-20(2)13-14-21(27)3/h5-14,16,26H,4,15,17-19H2,1-3H3,(H,32,35). The van der Waals surface area contributed by atoms with Crippen molar-refractivity contribution in [3.8, 4) is 5.75 Å². The van der Waals surface area contributed by atoms with Crippen LogP contribution in [0.4, 0.5) is 0 Å². The minimum Gasteiger partial charge on any atom is -0.483 e. The fourth-order valence-corrected chi connectivity index (χ4v) is 4.38. The van der Waals surface area contributed by atoms with Gasteiger partial charge in [0.25, 0.3) is 5.91 Å². The van der Waals surface area contributed by atoms with E-state index < -0.39 is 6.04 Å². The van der Waals surface area contributed by atoms with Gasteiger partial charge in [-0.3, -0.25) is 9.59 Å². The maximum absolute atomic E-state index is 13.7. The second-order valence-electron chi connectivity index (χ2n) is 8.78. The Hall–Kier alpha value is -3.02. The number of hydrogen-bond acceptors (Lipinski definition) is 3. The quantitative estimate of drug-likeness (QED) is 0.325. The highest BCUT2D eigenvalue weighted by Crippen LogP contribution is 2.27. The molecule has 1 atom stereocenters. The molecule has 3 aromatic carbocycles. The number of benzene rings is 3. The van der Waals surface area contributed by atoms with Crippen LogP contribution < -0.4 is 10.1 Å². The van der Waals surface area contributed by atoms with Gasteiger partial charge in [0.2, 0.25) is 5.91 Å². The molecule has 0 heterocycles. The Morgan fingerprint density at radius 3 is 2.33 bits per heavy atom. The van der Waals surface area contributed by atoms with Crippen LogP contribution in [0.1, 0.15) is 35.6 Å². The van der Waals surface area contributed by atoms with E-state index in [1.165, 1.54) is 4.90 Å². The third kappa shape index (κ3) is 7.49. The van der Waals surface area contributed by atoms with Gasteiger partial charge in [0.15, 0.2) is 6.61 Å². The van der Waals surface area contributed by atoms with Gasteiger partial charge in [-0.25, -0.2) is 0 Å². The van der Waals surface area contributed by atoms with Gasteiger partial charge in [-0.05, 0) is 55.2 Å². The highest BCUT2D eigenvalue weighted by Gasteiger charge is 2.31. The zero-order valence-electron chi connectivity index (χ0n) is 20.9. The molecule has 1 unspecified atom stereocenters. The number of halogens is 2. The van der Waals surface area contributed by atoms with Crippen LogP contribution >= 0.6 is 23.2 Å². The lowest BCUT2D eigenvalue weighted by Gasteiger charge is -2.32. The van der Waals surface area contributed by atoms with Crippen LogP contribution in [0.25, 0.3) is 0 Å². The minimum absolute atomic E-state index is 0.0740. The second kappa shape index (κ2) is 13.3. The molecule has 0 saturated carbocycles. The maximum atomic E-state index is 13.7. The first-order valence-electron chi connectivity index (χ1n) is 12.0. The average Bonchev–Trinajstić information content (AvgIpc) is 2.87. The van der Waals surface area contributed by atoms with Crippen LogP contribution in [-0.4, -0.2) is 35.9 Å². The topological polar surface area (TPSA) is 58.6 Å². The van der Waals surface area contributed by atoms with Crippen molar-refractivity contribution >= 4 is 35.0 Å². The van der Waals surface area contributed by atoms with Crippen LogP contribution in [-0.2, 0) is 22.6 Å². The molecular formula is C29H32Cl2N2O3. The maximum Gasteiger partial charge on any atom is 0.261 e. The minimum atomic E-state index is -0.777. The van der Waals surface area contributed by atoms with E-state index in [1.54, 1.807) is 18.2 Å². The van der Waals surface area contributed by atoms with Crippen molar-refractivity contribution in [2.24, 2.45) is 0 Å². The van der Waals surface area contributed by atoms with E-state index in [0.717, 1.165) is 23.1 Å². The van der Waals surface area contributed by atoms with E-state index >= 15 is 0 Å². The van der Waals surface area contributed by atoms with E-state index in [1.807, 2.05) is 69.3 Å². The number of rotatable bonds is 11. The van der Waals surface area contributed by atoms with Gasteiger partial charge in [-0.1, -0.05) is 78.7 Å². The molecule has 1 N–H and O–H groups in total. The van der Waals surface area contributed by atoms with Crippen molar-refractivity contribution < 1.29 is 14.3 Å². The average molecular weight is 527 g/mol. The van der Waals surface area contributed by atoms with Crippen molar-refractivity contribution in [3.05, 3.63) is 99.0 Å². The summed E-state index contributed by atoms with van der Waals surface area (Å²) < 4.78 is 5.93. The number of carbonyl (C=O) groups excluding carboxylic acids is 2. The Balaban J connectivity index is 1.96. The van der Waals surface area contributed by atoms with E-state index in [-0.39, 0.29) is 25.0 Å². The van der Waals surface area contributed by atoms with Gasteiger partial charge in [0.05, 0.1) is 0 Å². The smallest absolute Gasteiger partial charge is 0.261 e. The first-order chi connectivity index (χ1) is 17.3. The number of nitrogens with zero attached hydrogens (tertiary/aromatic N) is 1. The largest absolute Gasteiger partial charge is 0.483 e. The van der Waals surface area contributed by atoms with Crippen molar-refractivity contribution in [2.75, 3.05) is 13.2 Å². The van der Waals surface area contributed by atoms with Crippen LogP contribution in [0.3, 0.4) is 0 Å². The molecule has 0 bridgehead atoms. The van der Waals surface area contributed by atoms with Crippen molar-refractivity contribution in [2.45, 2.75) is 46.2 Å². The summed E-state index contributed by atoms with van der Waals surface area (Å²) in [5, 5.41) is 3.82. The molecular weight excluding hydrogens is 495 g/mol. The molecule has 7 heteroatoms. The number of aryl methyl sites for hydroxylation is 2. The van der Waals surface area contributed by atoms with Crippen molar-refractivity contribution in [1.29, 1.82) is 0 Å². The van der Waals surface area contributed by atoms with Crippen molar-refractivity contribution in [1.82, 2.24) is 10.2 Å². The van der Waals surface area contributed by atoms with Crippen molar-refractivity contribution in [3.63, 3.8) is 0 Å². The van der Waals surface area contributed by atoms with Crippen LogP contribution in [0.5, 0.6) is 5.75 Å². The normalized spacial score (nSPS) is 11.6. The summed E-state index contributed by atoms with van der Waals surface area (Å²) in [6.45, 7) is 6.24. The molecule has 0 aliphatic rings. The summed E-state index contributed by atoms with van der Waals surface area (Å²) in [6.07, 6.45) is 1.12. The van der Waals surface area contributed by atoms with Gasteiger partial charge in [0, 0.05) is 35.1 Å². The van der Waals surface area contributed by atoms with E-state index in [2.05, 4.69) is 5.32 Å². The Labute approximate surface area is 223 Å². The molecule has 5 nitrogen and oxygen atoms in total. The predicted molar refractivity (Wildman–Crippen MR) is 146 cm³/mol. The van der Waals surface area contributed by atoms with Gasteiger partial charge >= 0.3 is 0 Å². The molecule has 0 radical (unpaired) electrons. The van der Waals surface area contributed by atoms with E-state index in [4.69, 9.17) is 27.9 Å². The number of ether oxygens (including phenoxy) is 1. The predicted octanol–water partition coefficient (Wildman–Crippen LogP) is 6.16. The molecule has 0 aliphatic carbocycles. The highest BCUT2D eigenvalue weighted by molar-refractivity contribution is 6.36. The Kier molecular flexibility index (Phi) is 10.2. The first-order valence-corrected chi connectivity index (χ1v) is 12.8. The highest BCUT2D eigenvalue weighted by atomic mass is 35.5. The molecule has 2 amide bonds. The Morgan fingerprint density at radius 1 is 0.972 bits per heavy atom. The lowest BCUT2D eigenvalue weighted by molar-refractivity contribution is -0.142. The molecule has 36 heavy (non-hydrogen) atoms. The SMILES string of the molecule is CCCNC(=O)C(Cc1ccccc1)N(Cc1c(Cl)cccc1Cl)C(=O)COc1cc(C)ccc1C. The number of carbonyl (C=O) groups is 2. The van der Waals surface area contributed by atoms with E-state index in [0.29, 0.717) is 34.3 Å². The molecule has 0 spiro atoms. The number of nitrogens with one attached hydrogen (secondary N) is 1. The van der Waals surface area contributed by atoms with Crippen LogP contribution in [0, 0.1) is 13.8 Å². The molecule has 0 fully saturated rings. The third-order valence-electron chi connectivity index (χ3n) is 5.91. The summed E-state index contributed by atoms with van der Waals surface area (Å²) in [7, 11) is 0. The van der Waals surface area contributed by atoms with Gasteiger partial charge in [-0.2, -0.15) is 0 Å². The van der Waals surface area contributed by atoms with Gasteiger partial charge in [0.1, 0.15) is 11.8 Å². The summed E-state index contributed by atoms with van der Waals surface area (Å²) in [5.41, 5.74) is 3.48. The summed E-state index contributed by atoms with van der Waals surface area (Å²) >= 11 is 12.9. The lowest BCUT2D eigenvalue weighted by atomic mass is 10.0. The number of hydrogen-bond donors (Lipinski definition) is 1. The van der Waals surface area contributed by atoms with Gasteiger partial charge in [-0.15, -0.1) is 0 Å². The first kappa shape index (κ1) is 27.6. The molecule has 0 saturated heterocycles. The molecule has 0 aromatic heterocycles. The Bertz CT molecular complexity index is 1160. The molecule has 0 aliphatic heterocycles.